The molecule has 1 fully saturated rings. The average Bonchev–Trinajstić information content (AvgIpc) is 3.26. The first kappa shape index (κ1) is 16.3. The van der Waals surface area contributed by atoms with Crippen molar-refractivity contribution in [1.29, 1.82) is 0 Å². The van der Waals surface area contributed by atoms with Gasteiger partial charge in [0.05, 0.1) is 17.7 Å². The SMILES string of the molecule is CCOC(C1CC1)C(Cc1cccc(C(F)(F)F)c1)NN. The van der Waals surface area contributed by atoms with Gasteiger partial charge in [-0.15, -0.1) is 0 Å². The van der Waals surface area contributed by atoms with Crippen LogP contribution in [0.25, 0.3) is 0 Å². The molecule has 3 nitrogen and oxygen atoms in total. The van der Waals surface area contributed by atoms with Gasteiger partial charge in [-0.05, 0) is 43.7 Å². The quantitative estimate of drug-likeness (QED) is 0.601. The van der Waals surface area contributed by atoms with Gasteiger partial charge in [0.15, 0.2) is 0 Å². The lowest BCUT2D eigenvalue weighted by Crippen LogP contribution is -2.47. The summed E-state index contributed by atoms with van der Waals surface area (Å²) in [4.78, 5) is 0. The van der Waals surface area contributed by atoms with E-state index in [9.17, 15) is 13.2 Å². The number of nitrogens with two attached hydrogens (primary N) is 1. The first-order chi connectivity index (χ1) is 9.95. The Morgan fingerprint density at radius 1 is 1.38 bits per heavy atom. The van der Waals surface area contributed by atoms with Crippen molar-refractivity contribution in [3.05, 3.63) is 35.4 Å². The van der Waals surface area contributed by atoms with Crippen molar-refractivity contribution in [2.45, 2.75) is 44.5 Å². The number of nitrogens with one attached hydrogen (secondary N) is 1. The number of benzene rings is 1. The Kier molecular flexibility index (Phi) is 5.24. The Morgan fingerprint density at radius 2 is 2.10 bits per heavy atom. The Morgan fingerprint density at radius 3 is 2.62 bits per heavy atom. The zero-order valence-electron chi connectivity index (χ0n) is 12.0. The van der Waals surface area contributed by atoms with Crippen molar-refractivity contribution in [2.75, 3.05) is 6.61 Å². The van der Waals surface area contributed by atoms with Gasteiger partial charge in [-0.1, -0.05) is 18.2 Å². The molecule has 0 bridgehead atoms. The van der Waals surface area contributed by atoms with Gasteiger partial charge in [0.1, 0.15) is 0 Å². The van der Waals surface area contributed by atoms with E-state index in [4.69, 9.17) is 10.6 Å². The summed E-state index contributed by atoms with van der Waals surface area (Å²) in [5.41, 5.74) is 2.69. The Bertz CT molecular complexity index is 460. The minimum absolute atomic E-state index is 0.0467. The molecule has 0 amide bonds. The van der Waals surface area contributed by atoms with E-state index in [2.05, 4.69) is 5.43 Å². The molecule has 0 radical (unpaired) electrons. The molecule has 1 aromatic rings. The van der Waals surface area contributed by atoms with Crippen LogP contribution in [0.1, 0.15) is 30.9 Å². The van der Waals surface area contributed by atoms with Crippen LogP contribution in [0.2, 0.25) is 0 Å². The van der Waals surface area contributed by atoms with Gasteiger partial charge < -0.3 is 4.74 Å². The monoisotopic (exact) mass is 302 g/mol. The molecule has 0 spiro atoms. The fourth-order valence-corrected chi connectivity index (χ4v) is 2.60. The van der Waals surface area contributed by atoms with Crippen LogP contribution < -0.4 is 11.3 Å². The highest BCUT2D eigenvalue weighted by Gasteiger charge is 2.37. The summed E-state index contributed by atoms with van der Waals surface area (Å²) in [6.45, 7) is 2.48. The number of alkyl halides is 3. The molecule has 1 aliphatic carbocycles. The summed E-state index contributed by atoms with van der Waals surface area (Å²) in [5, 5.41) is 0. The van der Waals surface area contributed by atoms with E-state index >= 15 is 0 Å². The predicted octanol–water partition coefficient (Wildman–Crippen LogP) is 2.89. The molecule has 3 N–H and O–H groups in total. The van der Waals surface area contributed by atoms with Gasteiger partial charge in [-0.25, -0.2) is 0 Å². The number of hydrazine groups is 1. The first-order valence-electron chi connectivity index (χ1n) is 7.19. The molecule has 0 aromatic heterocycles. The third-order valence-electron chi connectivity index (χ3n) is 3.77. The minimum atomic E-state index is -4.32. The van der Waals surface area contributed by atoms with Crippen LogP contribution >= 0.6 is 0 Å². The molecule has 0 aliphatic heterocycles. The maximum Gasteiger partial charge on any atom is 0.416 e. The minimum Gasteiger partial charge on any atom is -0.377 e. The number of ether oxygens (including phenoxy) is 1. The maximum absolute atomic E-state index is 12.7. The summed E-state index contributed by atoms with van der Waals surface area (Å²) < 4.78 is 43.9. The molecule has 2 rings (SSSR count). The van der Waals surface area contributed by atoms with E-state index in [1.165, 1.54) is 12.1 Å². The molecule has 21 heavy (non-hydrogen) atoms. The van der Waals surface area contributed by atoms with Crippen molar-refractivity contribution < 1.29 is 17.9 Å². The second-order valence-corrected chi connectivity index (χ2v) is 5.43. The molecule has 0 saturated heterocycles. The second-order valence-electron chi connectivity index (χ2n) is 5.43. The van der Waals surface area contributed by atoms with Gasteiger partial charge in [0.2, 0.25) is 0 Å². The molecule has 0 heterocycles. The van der Waals surface area contributed by atoms with Gasteiger partial charge >= 0.3 is 6.18 Å². The number of hydrogen-bond acceptors (Lipinski definition) is 3. The lowest BCUT2D eigenvalue weighted by molar-refractivity contribution is -0.137. The molecule has 6 heteroatoms. The lowest BCUT2D eigenvalue weighted by Gasteiger charge is -2.26. The molecule has 1 saturated carbocycles. The lowest BCUT2D eigenvalue weighted by atomic mass is 9.97. The Hall–Kier alpha value is -1.11. The smallest absolute Gasteiger partial charge is 0.377 e. The van der Waals surface area contributed by atoms with Crippen LogP contribution in [0, 0.1) is 5.92 Å². The standard InChI is InChI=1S/C15H21F3N2O/c1-2-21-14(11-6-7-11)13(20-19)9-10-4-3-5-12(8-10)15(16,17)18/h3-5,8,11,13-14,20H,2,6-7,9,19H2,1H3. The zero-order valence-corrected chi connectivity index (χ0v) is 12.0. The van der Waals surface area contributed by atoms with Gasteiger partial charge in [0, 0.05) is 6.61 Å². The molecule has 2 unspecified atom stereocenters. The number of halogens is 3. The highest BCUT2D eigenvalue weighted by atomic mass is 19.4. The third-order valence-corrected chi connectivity index (χ3v) is 3.77. The van der Waals surface area contributed by atoms with E-state index in [0.717, 1.165) is 18.9 Å². The highest BCUT2D eigenvalue weighted by Crippen LogP contribution is 2.36. The maximum atomic E-state index is 12.7. The van der Waals surface area contributed by atoms with Gasteiger partial charge in [0.25, 0.3) is 0 Å². The fraction of sp³-hybridized carbons (Fsp3) is 0.600. The summed E-state index contributed by atoms with van der Waals surface area (Å²) in [5.74, 6) is 6.04. The molecular formula is C15H21F3N2O. The first-order valence-corrected chi connectivity index (χ1v) is 7.19. The van der Waals surface area contributed by atoms with Crippen molar-refractivity contribution in [1.82, 2.24) is 5.43 Å². The van der Waals surface area contributed by atoms with Crippen LogP contribution in [-0.2, 0) is 17.3 Å². The highest BCUT2D eigenvalue weighted by molar-refractivity contribution is 5.26. The van der Waals surface area contributed by atoms with Crippen LogP contribution in [0.5, 0.6) is 0 Å². The Labute approximate surface area is 122 Å². The Balaban J connectivity index is 2.10. The number of rotatable bonds is 7. The van der Waals surface area contributed by atoms with Crippen molar-refractivity contribution in [3.63, 3.8) is 0 Å². The number of hydrogen-bond donors (Lipinski definition) is 2. The molecule has 1 aliphatic rings. The van der Waals surface area contributed by atoms with Crippen LogP contribution in [-0.4, -0.2) is 18.8 Å². The van der Waals surface area contributed by atoms with Crippen molar-refractivity contribution in [3.8, 4) is 0 Å². The molecule has 118 valence electrons. The van der Waals surface area contributed by atoms with Crippen LogP contribution in [0.3, 0.4) is 0 Å². The summed E-state index contributed by atoms with van der Waals surface area (Å²) in [7, 11) is 0. The van der Waals surface area contributed by atoms with Crippen molar-refractivity contribution in [2.24, 2.45) is 11.8 Å². The zero-order chi connectivity index (χ0) is 15.5. The van der Waals surface area contributed by atoms with Crippen molar-refractivity contribution >= 4 is 0 Å². The van der Waals surface area contributed by atoms with E-state index in [0.29, 0.717) is 24.5 Å². The third kappa shape index (κ3) is 4.43. The van der Waals surface area contributed by atoms with E-state index in [-0.39, 0.29) is 12.1 Å². The van der Waals surface area contributed by atoms with Gasteiger partial charge in [-0.2, -0.15) is 13.2 Å². The molecular weight excluding hydrogens is 281 g/mol. The summed E-state index contributed by atoms with van der Waals surface area (Å²) in [6.07, 6.45) is -1.77. The normalized spacial score (nSPS) is 18.5. The summed E-state index contributed by atoms with van der Waals surface area (Å²) in [6, 6.07) is 5.20. The topological polar surface area (TPSA) is 47.3 Å². The predicted molar refractivity (Wildman–Crippen MR) is 74.4 cm³/mol. The van der Waals surface area contributed by atoms with Crippen LogP contribution in [0.4, 0.5) is 13.2 Å². The second kappa shape index (κ2) is 6.77. The summed E-state index contributed by atoms with van der Waals surface area (Å²) >= 11 is 0. The van der Waals surface area contributed by atoms with E-state index < -0.39 is 11.7 Å². The fourth-order valence-electron chi connectivity index (χ4n) is 2.60. The van der Waals surface area contributed by atoms with E-state index in [1.54, 1.807) is 6.07 Å². The molecule has 1 aromatic carbocycles. The van der Waals surface area contributed by atoms with E-state index in [1.807, 2.05) is 6.92 Å². The van der Waals surface area contributed by atoms with Crippen LogP contribution in [0.15, 0.2) is 24.3 Å². The van der Waals surface area contributed by atoms with Gasteiger partial charge in [-0.3, -0.25) is 11.3 Å². The average molecular weight is 302 g/mol. The largest absolute Gasteiger partial charge is 0.416 e. The molecule has 2 atom stereocenters.